The van der Waals surface area contributed by atoms with Crippen LogP contribution in [0.2, 0.25) is 5.02 Å². The van der Waals surface area contributed by atoms with Crippen LogP contribution in [0.5, 0.6) is 17.2 Å². The molecule has 0 radical (unpaired) electrons. The van der Waals surface area contributed by atoms with Gasteiger partial charge in [-0.05, 0) is 30.7 Å². The zero-order chi connectivity index (χ0) is 21.4. The maximum absolute atomic E-state index is 13.0. The van der Waals surface area contributed by atoms with Gasteiger partial charge in [-0.2, -0.15) is 0 Å². The predicted molar refractivity (Wildman–Crippen MR) is 109 cm³/mol. The van der Waals surface area contributed by atoms with Crippen LogP contribution in [0.15, 0.2) is 36.4 Å². The highest BCUT2D eigenvalue weighted by Gasteiger charge is 2.24. The number of hydrogen-bond acceptors (Lipinski definition) is 6. The van der Waals surface area contributed by atoms with Gasteiger partial charge in [0.05, 0.1) is 40.4 Å². The molecule has 2 aromatic rings. The highest BCUT2D eigenvalue weighted by Crippen LogP contribution is 2.38. The predicted octanol–water partition coefficient (Wildman–Crippen LogP) is 3.79. The molecule has 0 fully saturated rings. The second-order valence-corrected chi connectivity index (χ2v) is 6.38. The summed E-state index contributed by atoms with van der Waals surface area (Å²) in [6, 6.07) is 9.39. The molecule has 29 heavy (non-hydrogen) atoms. The molecule has 0 bridgehead atoms. The van der Waals surface area contributed by atoms with E-state index in [4.69, 9.17) is 30.5 Å². The summed E-state index contributed by atoms with van der Waals surface area (Å²) >= 11 is 6.28. The molecule has 156 valence electrons. The van der Waals surface area contributed by atoms with Gasteiger partial charge in [0, 0.05) is 10.6 Å². The quantitative estimate of drug-likeness (QED) is 0.620. The van der Waals surface area contributed by atoms with E-state index in [9.17, 15) is 9.59 Å². The van der Waals surface area contributed by atoms with Crippen molar-refractivity contribution in [2.24, 2.45) is 0 Å². The lowest BCUT2D eigenvalue weighted by Crippen LogP contribution is -2.31. The van der Waals surface area contributed by atoms with Crippen LogP contribution in [0.3, 0.4) is 0 Å². The standard InChI is InChI=1S/C21H24ClNO6/c1-5-29-19(24)12-16(14-8-6-7-9-15(14)22)23-21(25)13-10-17(26-2)20(28-4)18(11-13)27-3/h6-11,16H,5,12H2,1-4H3,(H,23,25)/t16-/m1/s1. The molecule has 0 aromatic heterocycles. The monoisotopic (exact) mass is 421 g/mol. The molecule has 0 aliphatic rings. The third-order valence-electron chi connectivity index (χ3n) is 4.19. The summed E-state index contributed by atoms with van der Waals surface area (Å²) in [5.41, 5.74) is 0.892. The molecule has 2 aromatic carbocycles. The Labute approximate surface area is 174 Å². The Hall–Kier alpha value is -2.93. The Bertz CT molecular complexity index is 845. The number of nitrogens with one attached hydrogen (secondary N) is 1. The molecule has 0 aliphatic carbocycles. The lowest BCUT2D eigenvalue weighted by atomic mass is 10.0. The first-order valence-electron chi connectivity index (χ1n) is 8.96. The Kier molecular flexibility index (Phi) is 8.15. The lowest BCUT2D eigenvalue weighted by Gasteiger charge is -2.20. The van der Waals surface area contributed by atoms with E-state index < -0.39 is 17.9 Å². The van der Waals surface area contributed by atoms with E-state index in [1.165, 1.54) is 33.5 Å². The number of esters is 1. The van der Waals surface area contributed by atoms with E-state index in [0.29, 0.717) is 27.8 Å². The van der Waals surface area contributed by atoms with Crippen molar-refractivity contribution < 1.29 is 28.5 Å². The molecule has 2 rings (SSSR count). The van der Waals surface area contributed by atoms with Gasteiger partial charge in [0.1, 0.15) is 0 Å². The van der Waals surface area contributed by atoms with E-state index in [2.05, 4.69) is 5.32 Å². The van der Waals surface area contributed by atoms with Gasteiger partial charge in [0.25, 0.3) is 5.91 Å². The fourth-order valence-electron chi connectivity index (χ4n) is 2.84. The van der Waals surface area contributed by atoms with Crippen LogP contribution in [0, 0.1) is 0 Å². The summed E-state index contributed by atoms with van der Waals surface area (Å²) in [6.45, 7) is 1.96. The van der Waals surface area contributed by atoms with Crippen molar-refractivity contribution in [2.45, 2.75) is 19.4 Å². The Morgan fingerprint density at radius 2 is 1.66 bits per heavy atom. The van der Waals surface area contributed by atoms with E-state index in [0.717, 1.165) is 0 Å². The number of ether oxygens (including phenoxy) is 4. The van der Waals surface area contributed by atoms with Crippen molar-refractivity contribution in [3.8, 4) is 17.2 Å². The number of methoxy groups -OCH3 is 3. The van der Waals surface area contributed by atoms with Crippen LogP contribution >= 0.6 is 11.6 Å². The number of amides is 1. The van der Waals surface area contributed by atoms with Crippen LogP contribution < -0.4 is 19.5 Å². The summed E-state index contributed by atoms with van der Waals surface area (Å²) in [4.78, 5) is 25.0. The minimum atomic E-state index is -0.672. The van der Waals surface area contributed by atoms with Crippen molar-refractivity contribution in [1.29, 1.82) is 0 Å². The zero-order valence-corrected chi connectivity index (χ0v) is 17.5. The fourth-order valence-corrected chi connectivity index (χ4v) is 3.10. The molecule has 7 nitrogen and oxygen atoms in total. The molecular formula is C21H24ClNO6. The molecular weight excluding hydrogens is 398 g/mol. The summed E-state index contributed by atoms with van der Waals surface area (Å²) in [5, 5.41) is 3.28. The maximum Gasteiger partial charge on any atom is 0.308 e. The molecule has 0 unspecified atom stereocenters. The zero-order valence-electron chi connectivity index (χ0n) is 16.8. The van der Waals surface area contributed by atoms with Crippen molar-refractivity contribution in [2.75, 3.05) is 27.9 Å². The van der Waals surface area contributed by atoms with Gasteiger partial charge in [-0.25, -0.2) is 0 Å². The van der Waals surface area contributed by atoms with Crippen molar-refractivity contribution in [1.82, 2.24) is 5.32 Å². The molecule has 0 heterocycles. The van der Waals surface area contributed by atoms with Crippen LogP contribution in [-0.2, 0) is 9.53 Å². The molecule has 0 spiro atoms. The summed E-state index contributed by atoms with van der Waals surface area (Å²) in [5.74, 6) is 0.190. The Morgan fingerprint density at radius 3 is 2.17 bits per heavy atom. The molecule has 1 amide bonds. The first-order valence-corrected chi connectivity index (χ1v) is 9.33. The van der Waals surface area contributed by atoms with Crippen LogP contribution in [0.25, 0.3) is 0 Å². The van der Waals surface area contributed by atoms with Gasteiger partial charge in [0.15, 0.2) is 11.5 Å². The maximum atomic E-state index is 13.0. The third kappa shape index (κ3) is 5.54. The first kappa shape index (κ1) is 22.4. The smallest absolute Gasteiger partial charge is 0.308 e. The third-order valence-corrected chi connectivity index (χ3v) is 4.53. The van der Waals surface area contributed by atoms with Crippen LogP contribution in [0.4, 0.5) is 0 Å². The van der Waals surface area contributed by atoms with E-state index in [1.54, 1.807) is 31.2 Å². The van der Waals surface area contributed by atoms with Gasteiger partial charge in [-0.1, -0.05) is 29.8 Å². The average molecular weight is 422 g/mol. The number of halogens is 1. The van der Waals surface area contributed by atoms with E-state index >= 15 is 0 Å². The van der Waals surface area contributed by atoms with Crippen molar-refractivity contribution in [3.05, 3.63) is 52.5 Å². The molecule has 0 saturated heterocycles. The minimum absolute atomic E-state index is 0.0618. The van der Waals surface area contributed by atoms with Gasteiger partial charge in [-0.3, -0.25) is 9.59 Å². The highest BCUT2D eigenvalue weighted by molar-refractivity contribution is 6.31. The number of carbonyl (C=O) groups is 2. The number of carbonyl (C=O) groups excluding carboxylic acids is 2. The second kappa shape index (κ2) is 10.6. The molecule has 0 saturated carbocycles. The Morgan fingerprint density at radius 1 is 1.03 bits per heavy atom. The minimum Gasteiger partial charge on any atom is -0.493 e. The molecule has 1 atom stereocenters. The second-order valence-electron chi connectivity index (χ2n) is 5.97. The van der Waals surface area contributed by atoms with Gasteiger partial charge in [-0.15, -0.1) is 0 Å². The van der Waals surface area contributed by atoms with E-state index in [1.807, 2.05) is 0 Å². The van der Waals surface area contributed by atoms with Crippen molar-refractivity contribution >= 4 is 23.5 Å². The number of hydrogen-bond donors (Lipinski definition) is 1. The van der Waals surface area contributed by atoms with E-state index in [-0.39, 0.29) is 18.6 Å². The largest absolute Gasteiger partial charge is 0.493 e. The molecule has 0 aliphatic heterocycles. The summed E-state index contributed by atoms with van der Waals surface area (Å²) < 4.78 is 20.9. The molecule has 8 heteroatoms. The average Bonchev–Trinajstić information content (AvgIpc) is 2.72. The summed E-state index contributed by atoms with van der Waals surface area (Å²) in [7, 11) is 4.41. The van der Waals surface area contributed by atoms with Crippen LogP contribution in [0.1, 0.15) is 35.3 Å². The van der Waals surface area contributed by atoms with Gasteiger partial charge < -0.3 is 24.3 Å². The van der Waals surface area contributed by atoms with Crippen LogP contribution in [-0.4, -0.2) is 39.8 Å². The highest BCUT2D eigenvalue weighted by atomic mass is 35.5. The lowest BCUT2D eigenvalue weighted by molar-refractivity contribution is -0.143. The topological polar surface area (TPSA) is 83.1 Å². The molecule has 1 N–H and O–H groups in total. The normalized spacial score (nSPS) is 11.3. The SMILES string of the molecule is CCOC(=O)C[C@@H](NC(=O)c1cc(OC)c(OC)c(OC)c1)c1ccccc1Cl. The number of rotatable bonds is 9. The Balaban J connectivity index is 2.36. The first-order chi connectivity index (χ1) is 13.9. The summed E-state index contributed by atoms with van der Waals surface area (Å²) in [6.07, 6.45) is -0.0618. The van der Waals surface area contributed by atoms with Gasteiger partial charge >= 0.3 is 5.97 Å². The van der Waals surface area contributed by atoms with Crippen molar-refractivity contribution in [3.63, 3.8) is 0 Å². The van der Waals surface area contributed by atoms with Gasteiger partial charge in [0.2, 0.25) is 5.75 Å². The number of benzene rings is 2. The fraction of sp³-hybridized carbons (Fsp3) is 0.333.